The molecule has 0 aromatic heterocycles. The number of rotatable bonds is 6. The van der Waals surface area contributed by atoms with Crippen LogP contribution in [0.15, 0.2) is 24.3 Å². The molecule has 1 aliphatic rings. The van der Waals surface area contributed by atoms with Crippen LogP contribution in [0.5, 0.6) is 5.75 Å². The Morgan fingerprint density at radius 2 is 2.14 bits per heavy atom. The van der Waals surface area contributed by atoms with Crippen molar-refractivity contribution in [1.82, 2.24) is 10.2 Å². The minimum Gasteiger partial charge on any atom is -0.482 e. The number of benzene rings is 1. The highest BCUT2D eigenvalue weighted by molar-refractivity contribution is 5.77. The first-order valence-electron chi connectivity index (χ1n) is 6.98. The first kappa shape index (κ1) is 15.3. The van der Waals surface area contributed by atoms with Crippen LogP contribution in [0.2, 0.25) is 0 Å². The molecule has 0 atom stereocenters. The van der Waals surface area contributed by atoms with E-state index in [4.69, 9.17) is 14.7 Å². The Hall–Kier alpha value is -2.10. The zero-order valence-electron chi connectivity index (χ0n) is 11.9. The smallest absolute Gasteiger partial charge is 0.257 e. The average Bonchev–Trinajstić information content (AvgIpc) is 2.54. The van der Waals surface area contributed by atoms with Gasteiger partial charge >= 0.3 is 0 Å². The van der Waals surface area contributed by atoms with Crippen LogP contribution >= 0.6 is 0 Å². The average molecular weight is 289 g/mol. The Labute approximate surface area is 124 Å². The molecule has 0 saturated carbocycles. The molecule has 0 bridgehead atoms. The largest absolute Gasteiger partial charge is 0.482 e. The van der Waals surface area contributed by atoms with Crippen molar-refractivity contribution in [3.05, 3.63) is 29.8 Å². The molecule has 21 heavy (non-hydrogen) atoms. The second-order valence-corrected chi connectivity index (χ2v) is 4.70. The minimum absolute atomic E-state index is 0.0815. The van der Waals surface area contributed by atoms with Crippen molar-refractivity contribution >= 4 is 5.91 Å². The Morgan fingerprint density at radius 1 is 1.38 bits per heavy atom. The highest BCUT2D eigenvalue weighted by Crippen LogP contribution is 2.15. The zero-order chi connectivity index (χ0) is 14.9. The minimum atomic E-state index is -0.184. The summed E-state index contributed by atoms with van der Waals surface area (Å²) < 4.78 is 10.6. The van der Waals surface area contributed by atoms with Gasteiger partial charge in [0.2, 0.25) is 0 Å². The van der Waals surface area contributed by atoms with Gasteiger partial charge in [-0.15, -0.1) is 0 Å². The Kier molecular flexibility index (Phi) is 6.00. The topological polar surface area (TPSA) is 74.6 Å². The maximum absolute atomic E-state index is 11.7. The summed E-state index contributed by atoms with van der Waals surface area (Å²) in [6.45, 7) is 4.63. The number of nitrogens with one attached hydrogen (secondary N) is 1. The maximum Gasteiger partial charge on any atom is 0.257 e. The van der Waals surface area contributed by atoms with Gasteiger partial charge in [0.15, 0.2) is 6.61 Å². The fraction of sp³-hybridized carbons (Fsp3) is 0.467. The molecule has 112 valence electrons. The molecule has 1 aliphatic heterocycles. The molecule has 1 N–H and O–H groups in total. The van der Waals surface area contributed by atoms with Crippen LogP contribution in [0, 0.1) is 11.3 Å². The molecule has 0 radical (unpaired) electrons. The molecular weight excluding hydrogens is 270 g/mol. The zero-order valence-corrected chi connectivity index (χ0v) is 11.9. The fourth-order valence-corrected chi connectivity index (χ4v) is 2.06. The van der Waals surface area contributed by atoms with Crippen LogP contribution in [0.1, 0.15) is 5.56 Å². The van der Waals surface area contributed by atoms with Gasteiger partial charge in [-0.25, -0.2) is 0 Å². The number of para-hydroxylation sites is 1. The predicted octanol–water partition coefficient (Wildman–Crippen LogP) is 0.385. The van der Waals surface area contributed by atoms with Crippen LogP contribution in [-0.4, -0.2) is 56.8 Å². The summed E-state index contributed by atoms with van der Waals surface area (Å²) in [5, 5.41) is 11.7. The number of ether oxygens (including phenoxy) is 2. The number of hydrogen-bond acceptors (Lipinski definition) is 5. The second-order valence-electron chi connectivity index (χ2n) is 4.70. The van der Waals surface area contributed by atoms with Gasteiger partial charge in [-0.05, 0) is 12.1 Å². The maximum atomic E-state index is 11.7. The van der Waals surface area contributed by atoms with Crippen molar-refractivity contribution < 1.29 is 14.3 Å². The van der Waals surface area contributed by atoms with Crippen LogP contribution in [0.25, 0.3) is 0 Å². The highest BCUT2D eigenvalue weighted by atomic mass is 16.5. The fourth-order valence-electron chi connectivity index (χ4n) is 2.06. The molecule has 1 fully saturated rings. The first-order valence-corrected chi connectivity index (χ1v) is 6.98. The standard InChI is InChI=1S/C15H19N3O3/c16-11-13-3-1-2-4-14(13)21-12-15(19)17-5-6-18-7-9-20-10-8-18/h1-4H,5-10,12H2,(H,17,19). The molecule has 6 nitrogen and oxygen atoms in total. The number of carbonyl (C=O) groups is 1. The van der Waals surface area contributed by atoms with Gasteiger partial charge in [0.1, 0.15) is 11.8 Å². The van der Waals surface area contributed by atoms with Gasteiger partial charge in [0, 0.05) is 26.2 Å². The van der Waals surface area contributed by atoms with Gasteiger partial charge in [-0.3, -0.25) is 9.69 Å². The summed E-state index contributed by atoms with van der Waals surface area (Å²) in [6.07, 6.45) is 0. The summed E-state index contributed by atoms with van der Waals surface area (Å²) in [4.78, 5) is 13.9. The lowest BCUT2D eigenvalue weighted by Crippen LogP contribution is -2.42. The lowest BCUT2D eigenvalue weighted by molar-refractivity contribution is -0.123. The third-order valence-corrected chi connectivity index (χ3v) is 3.22. The molecule has 2 rings (SSSR count). The molecule has 1 amide bonds. The number of nitriles is 1. The molecule has 1 aromatic rings. The van der Waals surface area contributed by atoms with E-state index in [9.17, 15) is 4.79 Å². The van der Waals surface area contributed by atoms with Crippen LogP contribution < -0.4 is 10.1 Å². The van der Waals surface area contributed by atoms with Gasteiger partial charge in [0.05, 0.1) is 18.8 Å². The summed E-state index contributed by atoms with van der Waals surface area (Å²) in [5.74, 6) is 0.249. The van der Waals surface area contributed by atoms with E-state index in [0.29, 0.717) is 17.9 Å². The van der Waals surface area contributed by atoms with E-state index in [1.165, 1.54) is 0 Å². The van der Waals surface area contributed by atoms with Gasteiger partial charge < -0.3 is 14.8 Å². The second kappa shape index (κ2) is 8.25. The summed E-state index contributed by atoms with van der Waals surface area (Å²) in [5.41, 5.74) is 0.429. The molecule has 0 aliphatic carbocycles. The molecule has 1 saturated heterocycles. The van der Waals surface area contributed by atoms with E-state index in [0.717, 1.165) is 32.8 Å². The molecule has 1 heterocycles. The van der Waals surface area contributed by atoms with E-state index in [-0.39, 0.29) is 12.5 Å². The quantitative estimate of drug-likeness (QED) is 0.820. The van der Waals surface area contributed by atoms with E-state index in [1.807, 2.05) is 6.07 Å². The van der Waals surface area contributed by atoms with Crippen LogP contribution in [-0.2, 0) is 9.53 Å². The normalized spacial score (nSPS) is 15.2. The Balaban J connectivity index is 1.66. The third kappa shape index (κ3) is 5.06. The van der Waals surface area contributed by atoms with Gasteiger partial charge in [-0.2, -0.15) is 5.26 Å². The van der Waals surface area contributed by atoms with Crippen molar-refractivity contribution in [2.75, 3.05) is 46.0 Å². The van der Waals surface area contributed by atoms with Crippen molar-refractivity contribution in [3.8, 4) is 11.8 Å². The Bertz CT molecular complexity index is 507. The van der Waals surface area contributed by atoms with Crippen molar-refractivity contribution in [1.29, 1.82) is 5.26 Å². The van der Waals surface area contributed by atoms with E-state index in [1.54, 1.807) is 24.3 Å². The summed E-state index contributed by atoms with van der Waals surface area (Å²) >= 11 is 0. The highest BCUT2D eigenvalue weighted by Gasteiger charge is 2.10. The predicted molar refractivity (Wildman–Crippen MR) is 76.9 cm³/mol. The number of carbonyl (C=O) groups excluding carboxylic acids is 1. The summed E-state index contributed by atoms with van der Waals surface area (Å²) in [6, 6.07) is 8.90. The molecular formula is C15H19N3O3. The summed E-state index contributed by atoms with van der Waals surface area (Å²) in [7, 11) is 0. The number of amides is 1. The molecule has 0 spiro atoms. The van der Waals surface area contributed by atoms with Gasteiger partial charge in [0.25, 0.3) is 5.91 Å². The van der Waals surface area contributed by atoms with Crippen LogP contribution in [0.4, 0.5) is 0 Å². The third-order valence-electron chi connectivity index (χ3n) is 3.22. The first-order chi connectivity index (χ1) is 10.3. The molecule has 0 unspecified atom stereocenters. The Morgan fingerprint density at radius 3 is 2.90 bits per heavy atom. The van der Waals surface area contributed by atoms with Gasteiger partial charge in [-0.1, -0.05) is 12.1 Å². The molecule has 1 aromatic carbocycles. The SMILES string of the molecule is N#Cc1ccccc1OCC(=O)NCCN1CCOCC1. The monoisotopic (exact) mass is 289 g/mol. The lowest BCUT2D eigenvalue weighted by Gasteiger charge is -2.26. The van der Waals surface area contributed by atoms with Crippen LogP contribution in [0.3, 0.4) is 0 Å². The number of hydrogen-bond donors (Lipinski definition) is 1. The van der Waals surface area contributed by atoms with E-state index < -0.39 is 0 Å². The van der Waals surface area contributed by atoms with Crippen molar-refractivity contribution in [3.63, 3.8) is 0 Å². The van der Waals surface area contributed by atoms with E-state index >= 15 is 0 Å². The molecule has 6 heteroatoms. The van der Waals surface area contributed by atoms with Crippen molar-refractivity contribution in [2.45, 2.75) is 0 Å². The number of nitrogens with zero attached hydrogens (tertiary/aromatic N) is 2. The number of morpholine rings is 1. The van der Waals surface area contributed by atoms with Crippen molar-refractivity contribution in [2.24, 2.45) is 0 Å². The van der Waals surface area contributed by atoms with E-state index in [2.05, 4.69) is 10.2 Å². The lowest BCUT2D eigenvalue weighted by atomic mass is 10.2.